The minimum Gasteiger partial charge on any atom is -0.497 e. The van der Waals surface area contributed by atoms with Gasteiger partial charge in [-0.05, 0) is 31.4 Å². The maximum atomic E-state index is 6.19. The lowest BCUT2D eigenvalue weighted by Gasteiger charge is -2.44. The molecule has 2 N–H and O–H groups in total. The molecule has 114 valence electrons. The van der Waals surface area contributed by atoms with Gasteiger partial charge in [-0.2, -0.15) is 0 Å². The first kappa shape index (κ1) is 14.2. The Kier molecular flexibility index (Phi) is 3.76. The monoisotopic (exact) mass is 289 g/mol. The van der Waals surface area contributed by atoms with Crippen molar-refractivity contribution in [2.24, 2.45) is 10.7 Å². The van der Waals surface area contributed by atoms with Crippen LogP contribution in [0.15, 0.2) is 29.3 Å². The Bertz CT molecular complexity index is 546. The first-order valence-corrected chi connectivity index (χ1v) is 7.54. The van der Waals surface area contributed by atoms with Gasteiger partial charge in [0, 0.05) is 18.4 Å². The number of aliphatic imine (C=N–C) groups is 1. The van der Waals surface area contributed by atoms with Crippen LogP contribution < -0.4 is 15.4 Å². The van der Waals surface area contributed by atoms with Gasteiger partial charge in [-0.25, -0.2) is 0 Å². The van der Waals surface area contributed by atoms with Crippen molar-refractivity contribution in [2.45, 2.75) is 37.8 Å². The molecule has 2 aliphatic heterocycles. The molecule has 2 unspecified atom stereocenters. The van der Waals surface area contributed by atoms with Crippen LogP contribution in [0.5, 0.6) is 5.75 Å². The third-order valence-corrected chi connectivity index (χ3v) is 4.53. The molecule has 2 atom stereocenters. The summed E-state index contributed by atoms with van der Waals surface area (Å²) in [5, 5.41) is 0. The average molecular weight is 289 g/mol. The second-order valence-corrected chi connectivity index (χ2v) is 5.79. The highest BCUT2D eigenvalue weighted by Crippen LogP contribution is 2.39. The van der Waals surface area contributed by atoms with E-state index < -0.39 is 0 Å². The molecule has 0 radical (unpaired) electrons. The molecule has 2 aliphatic rings. The molecular formula is C16H23N3O2. The Morgan fingerprint density at radius 2 is 2.38 bits per heavy atom. The molecular weight excluding hydrogens is 266 g/mol. The van der Waals surface area contributed by atoms with Crippen molar-refractivity contribution in [3.63, 3.8) is 0 Å². The van der Waals surface area contributed by atoms with Crippen molar-refractivity contribution in [3.05, 3.63) is 24.3 Å². The van der Waals surface area contributed by atoms with Crippen LogP contribution >= 0.6 is 0 Å². The van der Waals surface area contributed by atoms with E-state index in [-0.39, 0.29) is 11.6 Å². The topological polar surface area (TPSA) is 60.1 Å². The maximum Gasteiger partial charge on any atom is 0.196 e. The summed E-state index contributed by atoms with van der Waals surface area (Å²) in [4.78, 5) is 6.70. The zero-order valence-corrected chi connectivity index (χ0v) is 12.7. The molecule has 0 saturated carbocycles. The number of methoxy groups -OCH3 is 1. The van der Waals surface area contributed by atoms with E-state index in [0.29, 0.717) is 5.96 Å². The van der Waals surface area contributed by atoms with Gasteiger partial charge in [-0.3, -0.25) is 4.99 Å². The quantitative estimate of drug-likeness (QED) is 0.926. The third-order valence-electron chi connectivity index (χ3n) is 4.53. The number of nitrogens with two attached hydrogens (primary N) is 1. The average Bonchev–Trinajstić information content (AvgIpc) is 2.83. The summed E-state index contributed by atoms with van der Waals surface area (Å²) in [5.74, 6) is 1.43. The van der Waals surface area contributed by atoms with Crippen LogP contribution in [0.4, 0.5) is 5.69 Å². The molecule has 0 bridgehead atoms. The zero-order valence-electron chi connectivity index (χ0n) is 12.7. The van der Waals surface area contributed by atoms with E-state index in [4.69, 9.17) is 15.2 Å². The highest BCUT2D eigenvalue weighted by atomic mass is 16.5. The molecule has 0 amide bonds. The fraction of sp³-hybridized carbons (Fsp3) is 0.562. The van der Waals surface area contributed by atoms with Crippen LogP contribution in [-0.2, 0) is 4.74 Å². The summed E-state index contributed by atoms with van der Waals surface area (Å²) in [6.07, 6.45) is 3.22. The Labute approximate surface area is 125 Å². The number of rotatable bonds is 3. The van der Waals surface area contributed by atoms with E-state index in [1.807, 2.05) is 18.2 Å². The summed E-state index contributed by atoms with van der Waals surface area (Å²) < 4.78 is 11.2. The lowest BCUT2D eigenvalue weighted by atomic mass is 9.84. The number of benzene rings is 1. The van der Waals surface area contributed by atoms with Crippen molar-refractivity contribution in [1.82, 2.24) is 0 Å². The lowest BCUT2D eigenvalue weighted by molar-refractivity contribution is -0.0151. The van der Waals surface area contributed by atoms with E-state index >= 15 is 0 Å². The largest absolute Gasteiger partial charge is 0.497 e. The summed E-state index contributed by atoms with van der Waals surface area (Å²) in [6.45, 7) is 3.68. The summed E-state index contributed by atoms with van der Waals surface area (Å²) in [6, 6.07) is 8.02. The summed E-state index contributed by atoms with van der Waals surface area (Å²) in [7, 11) is 1.68. The van der Waals surface area contributed by atoms with Crippen molar-refractivity contribution >= 4 is 11.6 Å². The number of hydrogen-bond donors (Lipinski definition) is 1. The van der Waals surface area contributed by atoms with Crippen LogP contribution in [0.1, 0.15) is 26.2 Å². The Hall–Kier alpha value is -1.75. The maximum absolute atomic E-state index is 6.19. The van der Waals surface area contributed by atoms with E-state index in [2.05, 4.69) is 22.9 Å². The predicted octanol–water partition coefficient (Wildman–Crippen LogP) is 2.16. The third kappa shape index (κ3) is 2.46. The smallest absolute Gasteiger partial charge is 0.196 e. The number of nitrogens with zero attached hydrogens (tertiary/aromatic N) is 2. The zero-order chi connectivity index (χ0) is 14.9. The van der Waals surface area contributed by atoms with E-state index in [9.17, 15) is 0 Å². The van der Waals surface area contributed by atoms with Crippen LogP contribution in [-0.4, -0.2) is 37.9 Å². The molecule has 1 spiro atoms. The molecule has 1 aromatic carbocycles. The number of hydrogen-bond acceptors (Lipinski definition) is 5. The van der Waals surface area contributed by atoms with Gasteiger partial charge in [0.1, 0.15) is 5.75 Å². The van der Waals surface area contributed by atoms with E-state index in [1.165, 1.54) is 0 Å². The lowest BCUT2D eigenvalue weighted by Crippen LogP contribution is -2.56. The Morgan fingerprint density at radius 1 is 1.52 bits per heavy atom. The Morgan fingerprint density at radius 3 is 3.14 bits per heavy atom. The normalized spacial score (nSPS) is 28.8. The highest BCUT2D eigenvalue weighted by molar-refractivity contribution is 5.98. The highest BCUT2D eigenvalue weighted by Gasteiger charge is 2.46. The molecule has 5 nitrogen and oxygen atoms in total. The molecule has 1 aromatic rings. The molecule has 0 aliphatic carbocycles. The van der Waals surface area contributed by atoms with Gasteiger partial charge in [0.2, 0.25) is 0 Å². The molecule has 1 fully saturated rings. The van der Waals surface area contributed by atoms with Gasteiger partial charge in [0.25, 0.3) is 0 Å². The van der Waals surface area contributed by atoms with Crippen LogP contribution in [0.25, 0.3) is 0 Å². The fourth-order valence-electron chi connectivity index (χ4n) is 3.38. The molecule has 1 saturated heterocycles. The molecule has 2 heterocycles. The van der Waals surface area contributed by atoms with Crippen molar-refractivity contribution in [1.29, 1.82) is 0 Å². The fourth-order valence-corrected chi connectivity index (χ4v) is 3.38. The van der Waals surface area contributed by atoms with Gasteiger partial charge in [0.05, 0.1) is 25.3 Å². The minimum absolute atomic E-state index is 0.0463. The summed E-state index contributed by atoms with van der Waals surface area (Å²) in [5.41, 5.74) is 7.19. The SMILES string of the molecule is CCC1CC2(CCO1)CN=C(N)N2c1cccc(OC)c1. The van der Waals surface area contributed by atoms with Crippen LogP contribution in [0.2, 0.25) is 0 Å². The molecule has 3 rings (SSSR count). The second kappa shape index (κ2) is 5.56. The number of ether oxygens (including phenoxy) is 2. The van der Waals surface area contributed by atoms with Gasteiger partial charge in [-0.15, -0.1) is 0 Å². The first-order chi connectivity index (χ1) is 10.2. The molecule has 21 heavy (non-hydrogen) atoms. The Balaban J connectivity index is 1.95. The number of guanidine groups is 1. The van der Waals surface area contributed by atoms with Gasteiger partial charge >= 0.3 is 0 Å². The van der Waals surface area contributed by atoms with Gasteiger partial charge in [-0.1, -0.05) is 13.0 Å². The standard InChI is InChI=1S/C16H23N3O2/c1-3-13-10-16(7-8-21-13)11-18-15(17)19(16)12-5-4-6-14(9-12)20-2/h4-6,9,13H,3,7-8,10-11H2,1-2H3,(H2,17,18). The van der Waals surface area contributed by atoms with Crippen molar-refractivity contribution in [3.8, 4) is 5.75 Å². The predicted molar refractivity (Wildman–Crippen MR) is 84.0 cm³/mol. The first-order valence-electron chi connectivity index (χ1n) is 7.54. The molecule has 0 aromatic heterocycles. The van der Waals surface area contributed by atoms with Gasteiger partial charge in [0.15, 0.2) is 5.96 Å². The summed E-state index contributed by atoms with van der Waals surface area (Å²) >= 11 is 0. The number of anilines is 1. The van der Waals surface area contributed by atoms with Crippen LogP contribution in [0, 0.1) is 0 Å². The van der Waals surface area contributed by atoms with Gasteiger partial charge < -0.3 is 20.1 Å². The van der Waals surface area contributed by atoms with Crippen LogP contribution in [0.3, 0.4) is 0 Å². The van der Waals surface area contributed by atoms with E-state index in [1.54, 1.807) is 7.11 Å². The van der Waals surface area contributed by atoms with Crippen molar-refractivity contribution < 1.29 is 9.47 Å². The second-order valence-electron chi connectivity index (χ2n) is 5.79. The minimum atomic E-state index is -0.0463. The van der Waals surface area contributed by atoms with Crippen molar-refractivity contribution in [2.75, 3.05) is 25.2 Å². The van der Waals surface area contributed by atoms with E-state index in [0.717, 1.165) is 43.9 Å². The molecule has 5 heteroatoms.